The average Bonchev–Trinajstić information content (AvgIpc) is 3.00. The van der Waals surface area contributed by atoms with Crippen LogP contribution in [0.1, 0.15) is 36.5 Å². The maximum atomic E-state index is 12.6. The number of benzene rings is 1. The van der Waals surface area contributed by atoms with E-state index >= 15 is 0 Å². The number of rotatable bonds is 6. The third kappa shape index (κ3) is 4.36. The molecule has 7 nitrogen and oxygen atoms in total. The van der Waals surface area contributed by atoms with Gasteiger partial charge in [0.05, 0.1) is 18.5 Å². The van der Waals surface area contributed by atoms with E-state index in [9.17, 15) is 9.59 Å². The van der Waals surface area contributed by atoms with E-state index in [0.29, 0.717) is 22.8 Å². The molecule has 2 atom stereocenters. The van der Waals surface area contributed by atoms with Gasteiger partial charge in [-0.25, -0.2) is 4.79 Å². The van der Waals surface area contributed by atoms with Gasteiger partial charge >= 0.3 is 5.97 Å². The van der Waals surface area contributed by atoms with E-state index in [-0.39, 0.29) is 11.6 Å². The van der Waals surface area contributed by atoms with Gasteiger partial charge in [-0.05, 0) is 31.0 Å². The zero-order valence-electron chi connectivity index (χ0n) is 14.6. The van der Waals surface area contributed by atoms with Crippen molar-refractivity contribution in [1.82, 2.24) is 20.3 Å². The van der Waals surface area contributed by atoms with Gasteiger partial charge in [-0.15, -0.1) is 5.10 Å². The van der Waals surface area contributed by atoms with Gasteiger partial charge in [-0.3, -0.25) is 4.79 Å². The fourth-order valence-corrected chi connectivity index (χ4v) is 2.49. The number of amides is 1. The Morgan fingerprint density at radius 3 is 2.68 bits per heavy atom. The first kappa shape index (κ1) is 18.9. The monoisotopic (exact) mass is 364 g/mol. The van der Waals surface area contributed by atoms with Crippen molar-refractivity contribution in [2.45, 2.75) is 33.2 Å². The Hall–Kier alpha value is -2.41. The Morgan fingerprint density at radius 2 is 2.08 bits per heavy atom. The molecule has 0 aliphatic rings. The molecule has 1 aromatic carbocycles. The van der Waals surface area contributed by atoms with Gasteiger partial charge in [0.15, 0.2) is 5.69 Å². The van der Waals surface area contributed by atoms with Crippen molar-refractivity contribution in [3.63, 3.8) is 0 Å². The molecule has 0 saturated carbocycles. The summed E-state index contributed by atoms with van der Waals surface area (Å²) in [6.07, 6.45) is 0.717. The van der Waals surface area contributed by atoms with Crippen LogP contribution in [0.3, 0.4) is 0 Å². The number of carbonyl (C=O) groups is 2. The van der Waals surface area contributed by atoms with Crippen LogP contribution in [-0.2, 0) is 9.53 Å². The standard InChI is InChI=1S/C17H21ClN4O3/c1-5-10(2)14(17(24)25-4)19-16(23)15-11(3)20-22(21-15)13-8-6-7-12(18)9-13/h6-10,14H,5H2,1-4H3,(H,19,23). The number of nitrogens with zero attached hydrogens (tertiary/aromatic N) is 3. The lowest BCUT2D eigenvalue weighted by Crippen LogP contribution is -2.46. The lowest BCUT2D eigenvalue weighted by Gasteiger charge is -2.21. The van der Waals surface area contributed by atoms with Crippen LogP contribution in [0.25, 0.3) is 5.69 Å². The predicted octanol–water partition coefficient (Wildman–Crippen LogP) is 2.55. The van der Waals surface area contributed by atoms with Crippen molar-refractivity contribution >= 4 is 23.5 Å². The van der Waals surface area contributed by atoms with Crippen molar-refractivity contribution < 1.29 is 14.3 Å². The molecule has 25 heavy (non-hydrogen) atoms. The van der Waals surface area contributed by atoms with Crippen molar-refractivity contribution in [3.8, 4) is 5.69 Å². The highest BCUT2D eigenvalue weighted by atomic mass is 35.5. The third-order valence-electron chi connectivity index (χ3n) is 3.99. The Labute approximate surface area is 151 Å². The molecule has 0 saturated heterocycles. The molecular formula is C17H21ClN4O3. The second-order valence-electron chi connectivity index (χ2n) is 5.76. The molecule has 2 rings (SSSR count). The Bertz CT molecular complexity index is 775. The normalized spacial score (nSPS) is 13.2. The van der Waals surface area contributed by atoms with E-state index in [4.69, 9.17) is 16.3 Å². The SMILES string of the molecule is CCC(C)C(NC(=O)c1nn(-c2cccc(Cl)c2)nc1C)C(=O)OC. The molecule has 0 bridgehead atoms. The number of hydrogen-bond acceptors (Lipinski definition) is 5. The molecule has 2 aromatic rings. The maximum absolute atomic E-state index is 12.6. The van der Waals surface area contributed by atoms with Gasteiger partial charge in [0.2, 0.25) is 0 Å². The smallest absolute Gasteiger partial charge is 0.328 e. The topological polar surface area (TPSA) is 86.1 Å². The van der Waals surface area contributed by atoms with Crippen LogP contribution < -0.4 is 5.32 Å². The van der Waals surface area contributed by atoms with Crippen molar-refractivity contribution in [3.05, 3.63) is 40.7 Å². The molecule has 0 aliphatic heterocycles. The van der Waals surface area contributed by atoms with Crippen LogP contribution in [-0.4, -0.2) is 40.0 Å². The summed E-state index contributed by atoms with van der Waals surface area (Å²) in [6, 6.07) is 6.25. The lowest BCUT2D eigenvalue weighted by molar-refractivity contribution is -0.144. The highest BCUT2D eigenvalue weighted by Gasteiger charge is 2.29. The minimum Gasteiger partial charge on any atom is -0.467 e. The van der Waals surface area contributed by atoms with E-state index in [2.05, 4.69) is 15.5 Å². The quantitative estimate of drug-likeness (QED) is 0.796. The van der Waals surface area contributed by atoms with Crippen molar-refractivity contribution in [2.24, 2.45) is 5.92 Å². The van der Waals surface area contributed by atoms with E-state index < -0.39 is 17.9 Å². The number of hydrogen-bond donors (Lipinski definition) is 1. The zero-order chi connectivity index (χ0) is 18.6. The van der Waals surface area contributed by atoms with Gasteiger partial charge in [0.25, 0.3) is 5.91 Å². The second kappa shape index (κ2) is 8.11. The van der Waals surface area contributed by atoms with Gasteiger partial charge in [0, 0.05) is 5.02 Å². The molecule has 134 valence electrons. The number of aryl methyl sites for hydroxylation is 1. The molecule has 1 amide bonds. The summed E-state index contributed by atoms with van der Waals surface area (Å²) in [6.45, 7) is 5.49. The average molecular weight is 365 g/mol. The highest BCUT2D eigenvalue weighted by Crippen LogP contribution is 2.15. The Morgan fingerprint density at radius 1 is 1.36 bits per heavy atom. The molecule has 0 radical (unpaired) electrons. The summed E-state index contributed by atoms with van der Waals surface area (Å²) in [5.74, 6) is -1.02. The first-order valence-electron chi connectivity index (χ1n) is 7.96. The lowest BCUT2D eigenvalue weighted by atomic mass is 9.99. The summed E-state index contributed by atoms with van der Waals surface area (Å²) in [5.41, 5.74) is 1.24. The fraction of sp³-hybridized carbons (Fsp3) is 0.412. The Balaban J connectivity index is 2.26. The summed E-state index contributed by atoms with van der Waals surface area (Å²) in [4.78, 5) is 25.8. The number of nitrogens with one attached hydrogen (secondary N) is 1. The van der Waals surface area contributed by atoms with E-state index in [0.717, 1.165) is 0 Å². The van der Waals surface area contributed by atoms with Gasteiger partial charge in [0.1, 0.15) is 6.04 Å². The Kier molecular flexibility index (Phi) is 6.14. The van der Waals surface area contributed by atoms with Crippen LogP contribution in [0.15, 0.2) is 24.3 Å². The second-order valence-corrected chi connectivity index (χ2v) is 6.20. The van der Waals surface area contributed by atoms with Gasteiger partial charge in [-0.2, -0.15) is 9.90 Å². The molecule has 1 N–H and O–H groups in total. The number of halogens is 1. The molecule has 8 heteroatoms. The number of aromatic nitrogens is 3. The molecule has 2 unspecified atom stereocenters. The minimum atomic E-state index is -0.738. The highest BCUT2D eigenvalue weighted by molar-refractivity contribution is 6.30. The van der Waals surface area contributed by atoms with E-state index in [1.54, 1.807) is 31.2 Å². The van der Waals surface area contributed by atoms with Crippen LogP contribution >= 0.6 is 11.6 Å². The van der Waals surface area contributed by atoms with Crippen molar-refractivity contribution in [2.75, 3.05) is 7.11 Å². The molecule has 0 aliphatic carbocycles. The minimum absolute atomic E-state index is 0.0697. The molecule has 0 fully saturated rings. The number of carbonyl (C=O) groups excluding carboxylic acids is 2. The largest absolute Gasteiger partial charge is 0.467 e. The number of esters is 1. The molecule has 1 heterocycles. The number of methoxy groups -OCH3 is 1. The van der Waals surface area contributed by atoms with Gasteiger partial charge < -0.3 is 10.1 Å². The van der Waals surface area contributed by atoms with Gasteiger partial charge in [-0.1, -0.05) is 37.9 Å². The zero-order valence-corrected chi connectivity index (χ0v) is 15.4. The van der Waals surface area contributed by atoms with Crippen LogP contribution in [0.4, 0.5) is 0 Å². The maximum Gasteiger partial charge on any atom is 0.328 e. The summed E-state index contributed by atoms with van der Waals surface area (Å²) in [5, 5.41) is 11.7. The summed E-state index contributed by atoms with van der Waals surface area (Å²) in [7, 11) is 1.30. The molecule has 0 spiro atoms. The van der Waals surface area contributed by atoms with E-state index in [1.807, 2.05) is 13.8 Å². The first-order valence-corrected chi connectivity index (χ1v) is 8.33. The van der Waals surface area contributed by atoms with Crippen LogP contribution in [0.5, 0.6) is 0 Å². The van der Waals surface area contributed by atoms with Crippen LogP contribution in [0, 0.1) is 12.8 Å². The number of ether oxygens (including phenoxy) is 1. The first-order chi connectivity index (χ1) is 11.9. The fourth-order valence-electron chi connectivity index (χ4n) is 2.31. The molecular weight excluding hydrogens is 344 g/mol. The molecule has 1 aromatic heterocycles. The summed E-state index contributed by atoms with van der Waals surface area (Å²) >= 11 is 5.97. The van der Waals surface area contributed by atoms with Crippen molar-refractivity contribution in [1.29, 1.82) is 0 Å². The third-order valence-corrected chi connectivity index (χ3v) is 4.23. The predicted molar refractivity (Wildman–Crippen MR) is 93.8 cm³/mol. The van der Waals surface area contributed by atoms with Crippen LogP contribution in [0.2, 0.25) is 5.02 Å². The summed E-state index contributed by atoms with van der Waals surface area (Å²) < 4.78 is 4.78. The van der Waals surface area contributed by atoms with E-state index in [1.165, 1.54) is 11.9 Å².